The number of hydrogen-bond donors (Lipinski definition) is 1. The lowest BCUT2D eigenvalue weighted by Gasteiger charge is -2.51. The van der Waals surface area contributed by atoms with Crippen molar-refractivity contribution in [3.05, 3.63) is 90.0 Å². The highest BCUT2D eigenvalue weighted by Crippen LogP contribution is 2.62. The van der Waals surface area contributed by atoms with Crippen LogP contribution in [0.4, 0.5) is 17.1 Å². The van der Waals surface area contributed by atoms with Gasteiger partial charge in [0.15, 0.2) is 0 Å². The Balaban J connectivity index is 1.57. The average Bonchev–Trinajstić information content (AvgIpc) is 3.06. The van der Waals surface area contributed by atoms with Gasteiger partial charge >= 0.3 is 0 Å². The fourth-order valence-corrected chi connectivity index (χ4v) is 6.08. The molecule has 0 saturated heterocycles. The minimum Gasteiger partial charge on any atom is -0.462 e. The van der Waals surface area contributed by atoms with E-state index in [9.17, 15) is 0 Å². The molecule has 2 aliphatic heterocycles. The normalized spacial score (nSPS) is 22.5. The molecule has 1 fully saturated rings. The second kappa shape index (κ2) is 7.42. The third-order valence-corrected chi connectivity index (χ3v) is 7.38. The van der Waals surface area contributed by atoms with Gasteiger partial charge in [-0.1, -0.05) is 55.7 Å². The molecule has 1 unspecified atom stereocenters. The molecule has 6 rings (SSSR count). The summed E-state index contributed by atoms with van der Waals surface area (Å²) in [5, 5.41) is 0. The number of nitrogens with zero attached hydrogens (tertiary/aromatic N) is 1. The van der Waals surface area contributed by atoms with Gasteiger partial charge in [-0.05, 0) is 67.0 Å². The molecule has 162 valence electrons. The zero-order valence-electron chi connectivity index (χ0n) is 18.4. The van der Waals surface area contributed by atoms with Crippen LogP contribution in [0.15, 0.2) is 78.9 Å². The highest BCUT2D eigenvalue weighted by Gasteiger charge is 2.63. The van der Waals surface area contributed by atoms with E-state index in [2.05, 4.69) is 89.3 Å². The maximum atomic E-state index is 7.13. The summed E-state index contributed by atoms with van der Waals surface area (Å²) in [7, 11) is 1.63. The minimum absolute atomic E-state index is 0.0880. The van der Waals surface area contributed by atoms with Gasteiger partial charge in [-0.2, -0.15) is 0 Å². The molecule has 0 radical (unpaired) electrons. The Kier molecular flexibility index (Phi) is 4.51. The van der Waals surface area contributed by atoms with Crippen molar-refractivity contribution in [2.75, 3.05) is 17.5 Å². The van der Waals surface area contributed by atoms with Crippen LogP contribution in [0.2, 0.25) is 0 Å². The van der Waals surface area contributed by atoms with Crippen LogP contribution < -0.4 is 15.1 Å². The second-order valence-electron chi connectivity index (χ2n) is 9.02. The number of ether oxygens (including phenoxy) is 1. The molecule has 3 aromatic rings. The van der Waals surface area contributed by atoms with Crippen LogP contribution in [0, 0.1) is 0 Å². The largest absolute Gasteiger partial charge is 0.462 e. The first-order valence-corrected chi connectivity index (χ1v) is 11.5. The van der Waals surface area contributed by atoms with Gasteiger partial charge in [-0.15, -0.1) is 0 Å². The van der Waals surface area contributed by atoms with Gasteiger partial charge in [0.25, 0.3) is 0 Å². The number of rotatable bonds is 3. The second-order valence-corrected chi connectivity index (χ2v) is 9.02. The number of para-hydroxylation sites is 2. The third kappa shape index (κ3) is 2.66. The van der Waals surface area contributed by atoms with Gasteiger partial charge < -0.3 is 4.74 Å². The van der Waals surface area contributed by atoms with E-state index in [1.54, 1.807) is 7.11 Å². The van der Waals surface area contributed by atoms with Crippen molar-refractivity contribution >= 4 is 23.1 Å². The topological polar surface area (TPSA) is 33.7 Å². The first-order valence-electron chi connectivity index (χ1n) is 11.5. The summed E-state index contributed by atoms with van der Waals surface area (Å²) in [6, 6.07) is 25.7. The maximum Gasteiger partial charge on any atom is 0.216 e. The molecule has 0 aromatic heterocycles. The minimum atomic E-state index is -0.596. The van der Waals surface area contributed by atoms with Gasteiger partial charge in [0.05, 0.1) is 18.2 Å². The molecule has 1 N–H and O–H groups in total. The Morgan fingerprint density at radius 3 is 2.50 bits per heavy atom. The summed E-state index contributed by atoms with van der Waals surface area (Å²) in [4.78, 5) is 7.54. The molecule has 4 heteroatoms. The highest BCUT2D eigenvalue weighted by molar-refractivity contribution is 5.80. The van der Waals surface area contributed by atoms with E-state index in [0.29, 0.717) is 0 Å². The Morgan fingerprint density at radius 2 is 1.69 bits per heavy atom. The van der Waals surface area contributed by atoms with Crippen LogP contribution in [-0.4, -0.2) is 12.8 Å². The molecule has 1 atom stereocenters. The molecule has 4 nitrogen and oxygen atoms in total. The van der Waals surface area contributed by atoms with Crippen LogP contribution in [0.5, 0.6) is 5.75 Å². The van der Waals surface area contributed by atoms with Crippen molar-refractivity contribution in [3.63, 3.8) is 0 Å². The van der Waals surface area contributed by atoms with E-state index >= 15 is 0 Å². The van der Waals surface area contributed by atoms with Crippen molar-refractivity contribution in [2.45, 2.75) is 43.2 Å². The zero-order chi connectivity index (χ0) is 21.6. The quantitative estimate of drug-likeness (QED) is 0.468. The van der Waals surface area contributed by atoms with Gasteiger partial charge in [-0.3, -0.25) is 15.2 Å². The summed E-state index contributed by atoms with van der Waals surface area (Å²) in [5.74, 6) is 0.910. The van der Waals surface area contributed by atoms with Crippen LogP contribution in [0.1, 0.15) is 43.2 Å². The number of benzene rings is 3. The lowest BCUT2D eigenvalue weighted by atomic mass is 9.64. The van der Waals surface area contributed by atoms with Gasteiger partial charge in [0, 0.05) is 16.9 Å². The van der Waals surface area contributed by atoms with Gasteiger partial charge in [0.2, 0.25) is 5.72 Å². The summed E-state index contributed by atoms with van der Waals surface area (Å²) >= 11 is 0. The molecule has 2 heterocycles. The highest BCUT2D eigenvalue weighted by atomic mass is 16.6. The molecule has 3 aliphatic rings. The van der Waals surface area contributed by atoms with E-state index in [-0.39, 0.29) is 5.41 Å². The van der Waals surface area contributed by atoms with Crippen molar-refractivity contribution in [3.8, 4) is 5.75 Å². The smallest absolute Gasteiger partial charge is 0.216 e. The summed E-state index contributed by atoms with van der Waals surface area (Å²) < 4.78 is 7.13. The molecule has 1 saturated carbocycles. The predicted octanol–water partition coefficient (Wildman–Crippen LogP) is 6.82. The number of hydrogen-bond acceptors (Lipinski definition) is 4. The Bertz CT molecular complexity index is 1170. The van der Waals surface area contributed by atoms with E-state index < -0.39 is 5.72 Å². The van der Waals surface area contributed by atoms with Crippen molar-refractivity contribution in [2.24, 2.45) is 0 Å². The number of nitrogens with one attached hydrogen (secondary N) is 1. The van der Waals surface area contributed by atoms with Crippen molar-refractivity contribution in [1.82, 2.24) is 0 Å². The Labute approximate surface area is 189 Å². The Hall–Kier alpha value is -3.24. The molecule has 1 aliphatic carbocycles. The zero-order valence-corrected chi connectivity index (χ0v) is 18.4. The van der Waals surface area contributed by atoms with Crippen molar-refractivity contribution < 1.29 is 9.57 Å². The average molecular weight is 425 g/mol. The third-order valence-electron chi connectivity index (χ3n) is 7.38. The fourth-order valence-electron chi connectivity index (χ4n) is 6.08. The predicted molar refractivity (Wildman–Crippen MR) is 129 cm³/mol. The Morgan fingerprint density at radius 1 is 0.906 bits per heavy atom. The number of anilines is 3. The van der Waals surface area contributed by atoms with Crippen molar-refractivity contribution in [1.29, 1.82) is 0 Å². The van der Waals surface area contributed by atoms with Crippen LogP contribution in [-0.2, 0) is 10.3 Å². The summed E-state index contributed by atoms with van der Waals surface area (Å²) in [6.07, 6.45) is 10.5. The molecular formula is C28H28N2O2. The summed E-state index contributed by atoms with van der Waals surface area (Å²) in [6.45, 7) is 0. The monoisotopic (exact) mass is 424 g/mol. The van der Waals surface area contributed by atoms with E-state index in [4.69, 9.17) is 9.57 Å². The fraction of sp³-hybridized carbons (Fsp3) is 0.286. The van der Waals surface area contributed by atoms with Gasteiger partial charge in [0.1, 0.15) is 5.75 Å². The van der Waals surface area contributed by atoms with Crippen LogP contribution in [0.3, 0.4) is 0 Å². The molecule has 2 spiro atoms. The van der Waals surface area contributed by atoms with Crippen LogP contribution in [0.25, 0.3) is 6.08 Å². The lowest BCUT2D eigenvalue weighted by molar-refractivity contribution is 0.0226. The summed E-state index contributed by atoms with van der Waals surface area (Å²) in [5.41, 5.74) is 8.05. The first-order chi connectivity index (χ1) is 15.8. The molecular weight excluding hydrogens is 396 g/mol. The lowest BCUT2D eigenvalue weighted by Crippen LogP contribution is -2.60. The number of fused-ring (bicyclic) bond motifs is 4. The SMILES string of the molecule is CONc1ccc2c(c1)C=CC1(O2)N(c2ccccc2)c2ccccc2C12CCCCC2. The maximum absolute atomic E-state index is 7.13. The molecule has 0 bridgehead atoms. The van der Waals surface area contributed by atoms with Gasteiger partial charge in [-0.25, -0.2) is 0 Å². The van der Waals surface area contributed by atoms with E-state index in [1.165, 1.54) is 30.5 Å². The standard InChI is InChI=1S/C28H28N2O2/c1-31-29-22-14-15-26-21(20-22)16-19-28(32-26)27(17-8-3-9-18-27)24-12-6-7-13-25(24)30(28)23-10-4-2-5-11-23/h2,4-7,10-16,19-20,29H,3,8-9,17-18H2,1H3. The van der Waals surface area contributed by atoms with Crippen LogP contribution >= 0.6 is 0 Å². The molecule has 32 heavy (non-hydrogen) atoms. The van der Waals surface area contributed by atoms with E-state index in [1.807, 2.05) is 6.07 Å². The first kappa shape index (κ1) is 19.4. The molecule has 0 amide bonds. The molecule has 3 aromatic carbocycles. The van der Waals surface area contributed by atoms with E-state index in [0.717, 1.165) is 35.5 Å².